The highest BCUT2D eigenvalue weighted by Crippen LogP contribution is 2.35. The summed E-state index contributed by atoms with van der Waals surface area (Å²) in [5, 5.41) is 3.51. The molecule has 3 N–H and O–H groups in total. The molecule has 3 nitrogen and oxygen atoms in total. The summed E-state index contributed by atoms with van der Waals surface area (Å²) < 4.78 is 0. The summed E-state index contributed by atoms with van der Waals surface area (Å²) in [6.45, 7) is 6.34. The Bertz CT molecular complexity index is 427. The molecule has 0 aromatic heterocycles. The van der Waals surface area contributed by atoms with Gasteiger partial charge in [-0.3, -0.25) is 4.79 Å². The molecule has 0 aliphatic carbocycles. The third-order valence-electron chi connectivity index (χ3n) is 3.93. The molecule has 0 radical (unpaired) electrons. The predicted molar refractivity (Wildman–Crippen MR) is 73.0 cm³/mol. The molecule has 4 atom stereocenters. The molecule has 1 heterocycles. The lowest BCUT2D eigenvalue weighted by Crippen LogP contribution is -2.49. The first-order chi connectivity index (χ1) is 8.49. The molecule has 1 aliphatic rings. The average molecular weight is 246 g/mol. The number of benzene rings is 1. The van der Waals surface area contributed by atoms with Gasteiger partial charge in [0.25, 0.3) is 0 Å². The molecule has 4 unspecified atom stereocenters. The average Bonchev–Trinajstić information content (AvgIpc) is 2.28. The highest BCUT2D eigenvalue weighted by molar-refractivity contribution is 5.78. The van der Waals surface area contributed by atoms with Crippen molar-refractivity contribution in [3.8, 4) is 0 Å². The Hall–Kier alpha value is -1.35. The topological polar surface area (TPSA) is 55.1 Å². The molecular formula is C15H22N2O. The molecule has 1 fully saturated rings. The zero-order valence-electron chi connectivity index (χ0n) is 11.3. The molecule has 1 aromatic rings. The van der Waals surface area contributed by atoms with Crippen LogP contribution in [0.3, 0.4) is 0 Å². The summed E-state index contributed by atoms with van der Waals surface area (Å²) in [6.07, 6.45) is 0.996. The number of primary amides is 1. The Morgan fingerprint density at radius 3 is 2.44 bits per heavy atom. The van der Waals surface area contributed by atoms with Crippen molar-refractivity contribution in [3.63, 3.8) is 0 Å². The summed E-state index contributed by atoms with van der Waals surface area (Å²) in [6, 6.07) is 8.81. The van der Waals surface area contributed by atoms with E-state index in [4.69, 9.17) is 5.73 Å². The Morgan fingerprint density at radius 1 is 1.28 bits per heavy atom. The van der Waals surface area contributed by atoms with Crippen LogP contribution in [0.5, 0.6) is 0 Å². The quantitative estimate of drug-likeness (QED) is 0.840. The van der Waals surface area contributed by atoms with Gasteiger partial charge in [0.05, 0.1) is 5.92 Å². The zero-order chi connectivity index (χ0) is 13.3. The number of hydrogen-bond acceptors (Lipinski definition) is 2. The van der Waals surface area contributed by atoms with Gasteiger partial charge in [-0.2, -0.15) is 0 Å². The molecule has 18 heavy (non-hydrogen) atoms. The number of rotatable bonds is 2. The fraction of sp³-hybridized carbons (Fsp3) is 0.533. The van der Waals surface area contributed by atoms with Gasteiger partial charge in [-0.15, -0.1) is 0 Å². The minimum atomic E-state index is -0.201. The largest absolute Gasteiger partial charge is 0.369 e. The van der Waals surface area contributed by atoms with Crippen LogP contribution in [0.25, 0.3) is 0 Å². The second-order valence-corrected chi connectivity index (χ2v) is 5.60. The van der Waals surface area contributed by atoms with E-state index >= 15 is 0 Å². The van der Waals surface area contributed by atoms with Crippen molar-refractivity contribution >= 4 is 5.91 Å². The molecular weight excluding hydrogens is 224 g/mol. The zero-order valence-corrected chi connectivity index (χ0v) is 11.3. The molecule has 98 valence electrons. The Kier molecular flexibility index (Phi) is 3.71. The van der Waals surface area contributed by atoms with Crippen molar-refractivity contribution in [2.75, 3.05) is 0 Å². The normalized spacial score (nSPS) is 32.2. The maximum absolute atomic E-state index is 11.7. The number of piperidine rings is 1. The smallest absolute Gasteiger partial charge is 0.222 e. The van der Waals surface area contributed by atoms with Gasteiger partial charge in [0, 0.05) is 12.1 Å². The van der Waals surface area contributed by atoms with Gasteiger partial charge in [-0.25, -0.2) is 0 Å². The summed E-state index contributed by atoms with van der Waals surface area (Å²) >= 11 is 0. The molecule has 3 heteroatoms. The summed E-state index contributed by atoms with van der Waals surface area (Å²) in [5.74, 6) is 0.00133. The van der Waals surface area contributed by atoms with Crippen LogP contribution < -0.4 is 11.1 Å². The third-order valence-corrected chi connectivity index (χ3v) is 3.93. The number of carbonyl (C=O) groups excluding carboxylic acids is 1. The van der Waals surface area contributed by atoms with Crippen LogP contribution in [0.15, 0.2) is 24.3 Å². The first-order valence-electron chi connectivity index (χ1n) is 6.61. The monoisotopic (exact) mass is 246 g/mol. The van der Waals surface area contributed by atoms with Crippen LogP contribution in [0, 0.1) is 18.8 Å². The summed E-state index contributed by atoms with van der Waals surface area (Å²) in [5.41, 5.74) is 7.97. The standard InChI is InChI=1S/C15H22N2O/c1-9-4-6-12(7-5-9)14-13(15(16)18)10(2)8-11(3)17-14/h4-7,10-11,13-14,17H,8H2,1-3H3,(H2,16,18). The lowest BCUT2D eigenvalue weighted by atomic mass is 9.76. The lowest BCUT2D eigenvalue weighted by molar-refractivity contribution is -0.125. The number of nitrogens with two attached hydrogens (primary N) is 1. The Labute approximate surface area is 109 Å². The van der Waals surface area contributed by atoms with E-state index in [1.165, 1.54) is 5.56 Å². The van der Waals surface area contributed by atoms with E-state index in [2.05, 4.69) is 50.4 Å². The molecule has 0 bridgehead atoms. The van der Waals surface area contributed by atoms with Crippen LogP contribution in [-0.4, -0.2) is 11.9 Å². The minimum absolute atomic E-state index is 0.0434. The van der Waals surface area contributed by atoms with Gasteiger partial charge in [0.15, 0.2) is 0 Å². The molecule has 1 aromatic carbocycles. The highest BCUT2D eigenvalue weighted by atomic mass is 16.1. The maximum Gasteiger partial charge on any atom is 0.222 e. The number of aryl methyl sites for hydroxylation is 1. The van der Waals surface area contributed by atoms with Gasteiger partial charge < -0.3 is 11.1 Å². The van der Waals surface area contributed by atoms with Crippen LogP contribution in [0.2, 0.25) is 0 Å². The van der Waals surface area contributed by atoms with Crippen LogP contribution in [-0.2, 0) is 4.79 Å². The Balaban J connectivity index is 2.31. The SMILES string of the molecule is Cc1ccc(C2NC(C)CC(C)C2C(N)=O)cc1. The predicted octanol–water partition coefficient (Wildman–Crippen LogP) is 2.16. The fourth-order valence-electron chi connectivity index (χ4n) is 3.03. The second kappa shape index (κ2) is 5.11. The first kappa shape index (κ1) is 13.1. The van der Waals surface area contributed by atoms with E-state index in [1.54, 1.807) is 0 Å². The number of nitrogens with one attached hydrogen (secondary N) is 1. The highest BCUT2D eigenvalue weighted by Gasteiger charge is 2.37. The van der Waals surface area contributed by atoms with Crippen molar-refractivity contribution in [2.45, 2.75) is 39.3 Å². The van der Waals surface area contributed by atoms with Gasteiger partial charge >= 0.3 is 0 Å². The lowest BCUT2D eigenvalue weighted by Gasteiger charge is -2.39. The van der Waals surface area contributed by atoms with E-state index in [1.807, 2.05) is 0 Å². The molecule has 1 aliphatic heterocycles. The number of hydrogen-bond donors (Lipinski definition) is 2. The van der Waals surface area contributed by atoms with Crippen LogP contribution >= 0.6 is 0 Å². The Morgan fingerprint density at radius 2 is 1.89 bits per heavy atom. The van der Waals surface area contributed by atoms with E-state index < -0.39 is 0 Å². The van der Waals surface area contributed by atoms with Crippen LogP contribution in [0.4, 0.5) is 0 Å². The van der Waals surface area contributed by atoms with E-state index in [0.29, 0.717) is 12.0 Å². The van der Waals surface area contributed by atoms with E-state index in [0.717, 1.165) is 12.0 Å². The number of amides is 1. The third kappa shape index (κ3) is 2.56. The van der Waals surface area contributed by atoms with E-state index in [-0.39, 0.29) is 17.9 Å². The van der Waals surface area contributed by atoms with Gasteiger partial charge in [0.2, 0.25) is 5.91 Å². The molecule has 2 rings (SSSR count). The molecule has 1 saturated heterocycles. The van der Waals surface area contributed by atoms with Gasteiger partial charge in [0.1, 0.15) is 0 Å². The van der Waals surface area contributed by atoms with Crippen molar-refractivity contribution in [3.05, 3.63) is 35.4 Å². The summed E-state index contributed by atoms with van der Waals surface area (Å²) in [4.78, 5) is 11.7. The molecule has 1 amide bonds. The molecule has 0 saturated carbocycles. The number of carbonyl (C=O) groups is 1. The van der Waals surface area contributed by atoms with Crippen molar-refractivity contribution in [1.29, 1.82) is 0 Å². The van der Waals surface area contributed by atoms with Gasteiger partial charge in [-0.1, -0.05) is 36.8 Å². The fourth-order valence-corrected chi connectivity index (χ4v) is 3.03. The van der Waals surface area contributed by atoms with Crippen molar-refractivity contribution < 1.29 is 4.79 Å². The van der Waals surface area contributed by atoms with E-state index in [9.17, 15) is 4.79 Å². The first-order valence-corrected chi connectivity index (χ1v) is 6.61. The maximum atomic E-state index is 11.7. The second-order valence-electron chi connectivity index (χ2n) is 5.60. The summed E-state index contributed by atoms with van der Waals surface area (Å²) in [7, 11) is 0. The van der Waals surface area contributed by atoms with Crippen molar-refractivity contribution in [1.82, 2.24) is 5.32 Å². The van der Waals surface area contributed by atoms with Crippen LogP contribution in [0.1, 0.15) is 37.4 Å². The van der Waals surface area contributed by atoms with Crippen molar-refractivity contribution in [2.24, 2.45) is 17.6 Å². The molecule has 0 spiro atoms. The van der Waals surface area contributed by atoms with Gasteiger partial charge in [-0.05, 0) is 31.7 Å². The minimum Gasteiger partial charge on any atom is -0.369 e.